The molecule has 0 unspecified atom stereocenters. The van der Waals surface area contributed by atoms with Gasteiger partial charge in [-0.25, -0.2) is 9.97 Å². The summed E-state index contributed by atoms with van der Waals surface area (Å²) in [6.07, 6.45) is 24.3. The van der Waals surface area contributed by atoms with Crippen molar-refractivity contribution in [1.82, 2.24) is 39.0 Å². The molecule has 0 bridgehead atoms. The summed E-state index contributed by atoms with van der Waals surface area (Å²) >= 11 is 0. The van der Waals surface area contributed by atoms with E-state index in [1.807, 2.05) is 85.5 Å². The molecule has 0 spiro atoms. The number of unbranched alkanes of at least 4 members (excludes halogenated alkanes) is 6. The fourth-order valence-corrected chi connectivity index (χ4v) is 10.7. The van der Waals surface area contributed by atoms with Gasteiger partial charge in [0.25, 0.3) is 0 Å². The van der Waals surface area contributed by atoms with Crippen LogP contribution in [0.25, 0.3) is 22.3 Å². The van der Waals surface area contributed by atoms with Crippen molar-refractivity contribution in [2.24, 2.45) is 0 Å². The van der Waals surface area contributed by atoms with Gasteiger partial charge in [0.1, 0.15) is 23.0 Å². The van der Waals surface area contributed by atoms with Gasteiger partial charge in [-0.15, -0.1) is 0 Å². The van der Waals surface area contributed by atoms with Crippen LogP contribution in [0.2, 0.25) is 0 Å². The third-order valence-corrected chi connectivity index (χ3v) is 15.6. The number of carbonyl (C=O) groups excluding carboxylic acids is 2. The summed E-state index contributed by atoms with van der Waals surface area (Å²) in [7, 11) is 6.20. The van der Waals surface area contributed by atoms with Gasteiger partial charge >= 0.3 is 11.9 Å². The summed E-state index contributed by atoms with van der Waals surface area (Å²) < 4.78 is 35.9. The molecule has 458 valence electrons. The molecule has 4 aromatic heterocycles. The van der Waals surface area contributed by atoms with Crippen LogP contribution >= 0.6 is 0 Å². The first-order chi connectivity index (χ1) is 42.2. The quantitative estimate of drug-likeness (QED) is 0.0243. The molecule has 0 saturated heterocycles. The Morgan fingerprint density at radius 3 is 1.21 bits per heavy atom. The zero-order valence-electron chi connectivity index (χ0n) is 50.4. The average Bonchev–Trinajstić information content (AvgIpc) is 2.41. The van der Waals surface area contributed by atoms with Gasteiger partial charge in [-0.3, -0.25) is 9.59 Å². The molecule has 8 aromatic rings. The number of methoxy groups -OCH3 is 4. The Morgan fingerprint density at radius 1 is 0.465 bits per heavy atom. The molecule has 4 aromatic carbocycles. The minimum Gasteiger partial charge on any atom is -0.497 e. The van der Waals surface area contributed by atoms with Crippen molar-refractivity contribution in [2.45, 2.75) is 154 Å². The average molecular weight is 1180 g/mol. The standard InChI is InChI=1S/2C33H42N6O4.H2/c2*1-41-27-17-13-24(14-18-27)22-39-23-34-30-31(35-25-10-6-5-7-11-25)37-33(38-32(30)39)36-26-15-19-28(20-16-26)43-21-9-4-3-8-12-29(40)42-2;/h2*13-20,23,25H,3-12,21-22H2,1-2H3,(H2,35,36,37,38);1H. The maximum atomic E-state index is 11.2. The van der Waals surface area contributed by atoms with Crippen molar-refractivity contribution in [3.8, 4) is 23.0 Å². The highest BCUT2D eigenvalue weighted by Crippen LogP contribution is 2.31. The third-order valence-electron chi connectivity index (χ3n) is 15.6. The Hall–Kier alpha value is -8.68. The molecule has 4 heterocycles. The molecule has 86 heavy (non-hydrogen) atoms. The first-order valence-corrected chi connectivity index (χ1v) is 30.6. The number of benzene rings is 4. The topological polar surface area (TPSA) is 225 Å². The number of ether oxygens (including phenoxy) is 6. The van der Waals surface area contributed by atoms with E-state index in [0.29, 0.717) is 63.1 Å². The number of aromatic nitrogens is 8. The van der Waals surface area contributed by atoms with E-state index in [1.165, 1.54) is 52.7 Å². The molecular weight excluding hydrogens is 1090 g/mol. The molecule has 4 N–H and O–H groups in total. The van der Waals surface area contributed by atoms with Crippen LogP contribution in [-0.2, 0) is 32.2 Å². The van der Waals surface area contributed by atoms with E-state index in [4.69, 9.17) is 48.9 Å². The monoisotopic (exact) mass is 1170 g/mol. The van der Waals surface area contributed by atoms with Gasteiger partial charge in [0.15, 0.2) is 34.0 Å². The zero-order chi connectivity index (χ0) is 59.7. The molecule has 10 rings (SSSR count). The number of anilines is 6. The van der Waals surface area contributed by atoms with Gasteiger partial charge in [-0.1, -0.05) is 88.5 Å². The normalized spacial score (nSPS) is 13.5. The van der Waals surface area contributed by atoms with Crippen molar-refractivity contribution in [2.75, 3.05) is 62.9 Å². The molecular formula is C66H86N12O8. The van der Waals surface area contributed by atoms with Crippen LogP contribution in [-0.4, -0.2) is 105 Å². The van der Waals surface area contributed by atoms with Crippen LogP contribution in [0.1, 0.15) is 141 Å². The van der Waals surface area contributed by atoms with E-state index in [2.05, 4.69) is 64.1 Å². The molecule has 0 aliphatic heterocycles. The fraction of sp³-hybridized carbons (Fsp3) is 0.455. The van der Waals surface area contributed by atoms with Crippen molar-refractivity contribution >= 4 is 69.2 Å². The second kappa shape index (κ2) is 32.6. The third kappa shape index (κ3) is 18.7. The highest BCUT2D eigenvalue weighted by Gasteiger charge is 2.22. The summed E-state index contributed by atoms with van der Waals surface area (Å²) in [5, 5.41) is 14.1. The summed E-state index contributed by atoms with van der Waals surface area (Å²) in [5.41, 5.74) is 7.12. The number of carbonyl (C=O) groups is 2. The summed E-state index contributed by atoms with van der Waals surface area (Å²) in [5.74, 6) is 5.55. The Balaban J connectivity index is 0.000000223. The number of nitrogens with zero attached hydrogens (tertiary/aromatic N) is 8. The van der Waals surface area contributed by atoms with E-state index in [-0.39, 0.29) is 13.4 Å². The Morgan fingerprint density at radius 2 is 0.837 bits per heavy atom. The van der Waals surface area contributed by atoms with E-state index < -0.39 is 0 Å². The number of rotatable bonds is 30. The van der Waals surface area contributed by atoms with Crippen LogP contribution in [0.15, 0.2) is 110 Å². The van der Waals surface area contributed by atoms with E-state index in [0.717, 1.165) is 157 Å². The van der Waals surface area contributed by atoms with Crippen molar-refractivity contribution < 1.29 is 39.4 Å². The van der Waals surface area contributed by atoms with Gasteiger partial charge in [-0.2, -0.15) is 19.9 Å². The predicted octanol–water partition coefficient (Wildman–Crippen LogP) is 14.0. The number of hydrogen-bond donors (Lipinski definition) is 4. The van der Waals surface area contributed by atoms with Crippen LogP contribution in [0.3, 0.4) is 0 Å². The van der Waals surface area contributed by atoms with Gasteiger partial charge in [0.2, 0.25) is 11.9 Å². The number of hydrogen-bond acceptors (Lipinski definition) is 18. The first-order valence-electron chi connectivity index (χ1n) is 30.6. The Kier molecular flexibility index (Phi) is 23.4. The van der Waals surface area contributed by atoms with E-state index in [9.17, 15) is 9.59 Å². The Bertz CT molecular complexity index is 3130. The lowest BCUT2D eigenvalue weighted by Gasteiger charge is -2.23. The van der Waals surface area contributed by atoms with Crippen LogP contribution < -0.4 is 40.2 Å². The van der Waals surface area contributed by atoms with Gasteiger partial charge in [-0.05, 0) is 135 Å². The summed E-state index contributed by atoms with van der Waals surface area (Å²) in [4.78, 5) is 51.4. The predicted molar refractivity (Wildman–Crippen MR) is 339 cm³/mol. The maximum absolute atomic E-state index is 11.2. The summed E-state index contributed by atoms with van der Waals surface area (Å²) in [6.45, 7) is 2.55. The van der Waals surface area contributed by atoms with E-state index in [1.54, 1.807) is 14.2 Å². The van der Waals surface area contributed by atoms with Crippen LogP contribution in [0.5, 0.6) is 23.0 Å². The second-order valence-electron chi connectivity index (χ2n) is 22.0. The van der Waals surface area contributed by atoms with Crippen molar-refractivity contribution in [3.05, 3.63) is 121 Å². The van der Waals surface area contributed by atoms with Gasteiger partial charge in [0.05, 0.1) is 67.4 Å². The summed E-state index contributed by atoms with van der Waals surface area (Å²) in [6, 6.07) is 32.6. The second-order valence-corrected chi connectivity index (χ2v) is 22.0. The smallest absolute Gasteiger partial charge is 0.305 e. The van der Waals surface area contributed by atoms with Crippen LogP contribution in [0, 0.1) is 0 Å². The molecule has 0 amide bonds. The van der Waals surface area contributed by atoms with Gasteiger partial charge in [0, 0.05) is 37.7 Å². The molecule has 0 atom stereocenters. The molecule has 2 aliphatic rings. The largest absolute Gasteiger partial charge is 0.497 e. The molecule has 2 aliphatic carbocycles. The molecule has 2 saturated carbocycles. The molecule has 2 fully saturated rings. The highest BCUT2D eigenvalue weighted by molar-refractivity contribution is 5.86. The lowest BCUT2D eigenvalue weighted by Crippen LogP contribution is -2.23. The maximum Gasteiger partial charge on any atom is 0.305 e. The number of fused-ring (bicyclic) bond motifs is 2. The fourth-order valence-electron chi connectivity index (χ4n) is 10.7. The van der Waals surface area contributed by atoms with E-state index >= 15 is 0 Å². The SMILES string of the molecule is COC(=O)CCCCCCOc1ccc(Nc2nc(NC3CCCCC3)c3ncn(Cc4ccc(OC)cc4)c3n2)cc1.COC(=O)CCCCCCOc1ccc(Nc2nc(NC3CCCCC3)c3ncn(Cc4ccc(OC)cc4)c3n2)cc1.[HH]. The van der Waals surface area contributed by atoms with Crippen molar-refractivity contribution in [3.63, 3.8) is 0 Å². The Labute approximate surface area is 506 Å². The lowest BCUT2D eigenvalue weighted by molar-refractivity contribution is -0.141. The number of esters is 2. The van der Waals surface area contributed by atoms with Gasteiger partial charge < -0.3 is 58.8 Å². The molecule has 20 nitrogen and oxygen atoms in total. The minimum absolute atomic E-state index is 0. The lowest BCUT2D eigenvalue weighted by atomic mass is 9.95. The first kappa shape index (κ1) is 61.9. The number of imidazole rings is 2. The van der Waals surface area contributed by atoms with Crippen LogP contribution in [0.4, 0.5) is 34.9 Å². The molecule has 0 radical (unpaired) electrons. The van der Waals surface area contributed by atoms with Crippen molar-refractivity contribution in [1.29, 1.82) is 0 Å². The number of nitrogens with one attached hydrogen (secondary N) is 4. The minimum atomic E-state index is -0.147. The zero-order valence-corrected chi connectivity index (χ0v) is 50.4. The molecule has 20 heteroatoms. The highest BCUT2D eigenvalue weighted by atomic mass is 16.5.